The van der Waals surface area contributed by atoms with Gasteiger partial charge < -0.3 is 24.2 Å². The van der Waals surface area contributed by atoms with Crippen molar-refractivity contribution in [3.8, 4) is 12.1 Å². The monoisotopic (exact) mass is 645 g/mol. The summed E-state index contributed by atoms with van der Waals surface area (Å²) in [7, 11) is 3.24. The Kier molecular flexibility index (Phi) is 9.57. The van der Waals surface area contributed by atoms with Crippen LogP contribution in [-0.2, 0) is 22.5 Å². The van der Waals surface area contributed by atoms with Crippen LogP contribution in [0.1, 0.15) is 29.7 Å². The van der Waals surface area contributed by atoms with Crippen molar-refractivity contribution >= 4 is 28.2 Å². The number of anilines is 2. The van der Waals surface area contributed by atoms with Crippen molar-refractivity contribution in [3.05, 3.63) is 65.4 Å². The van der Waals surface area contributed by atoms with E-state index in [2.05, 4.69) is 59.2 Å². The number of piperazine rings is 1. The smallest absolute Gasteiger partial charge is 0.318 e. The molecule has 0 aliphatic carbocycles. The predicted molar refractivity (Wildman–Crippen MR) is 176 cm³/mol. The van der Waals surface area contributed by atoms with Crippen molar-refractivity contribution in [2.75, 3.05) is 69.9 Å². The predicted octanol–water partition coefficient (Wildman–Crippen LogP) is 4.35. The van der Waals surface area contributed by atoms with E-state index in [1.165, 1.54) is 22.4 Å². The zero-order valence-corrected chi connectivity index (χ0v) is 27.2. The van der Waals surface area contributed by atoms with Crippen LogP contribution in [0.4, 0.5) is 20.3 Å². The number of alkyl halides is 2. The Balaban J connectivity index is 1.31. The van der Waals surface area contributed by atoms with Gasteiger partial charge in [-0.15, -0.1) is 0 Å². The molecule has 2 fully saturated rings. The second kappa shape index (κ2) is 13.8. The topological polar surface area (TPSA) is 98.1 Å². The van der Waals surface area contributed by atoms with Gasteiger partial charge in [-0.3, -0.25) is 9.69 Å². The molecule has 3 aliphatic heterocycles. The molecular formula is C35H41F2N7O3. The van der Waals surface area contributed by atoms with E-state index in [0.29, 0.717) is 45.0 Å². The maximum Gasteiger partial charge on any atom is 0.318 e. The molecule has 2 aromatic carbocycles. The van der Waals surface area contributed by atoms with Gasteiger partial charge in [0.15, 0.2) is 0 Å². The summed E-state index contributed by atoms with van der Waals surface area (Å²) in [6.07, 6.45) is 3.75. The van der Waals surface area contributed by atoms with Crippen LogP contribution in [0.5, 0.6) is 6.01 Å². The number of aromatic nitrogens is 2. The molecule has 10 nitrogen and oxygen atoms in total. The van der Waals surface area contributed by atoms with Gasteiger partial charge in [0.1, 0.15) is 12.4 Å². The van der Waals surface area contributed by atoms with Gasteiger partial charge in [-0.1, -0.05) is 36.4 Å². The number of benzene rings is 2. The minimum atomic E-state index is -2.76. The fourth-order valence-corrected chi connectivity index (χ4v) is 7.06. The highest BCUT2D eigenvalue weighted by Gasteiger charge is 2.43. The average molecular weight is 646 g/mol. The third-order valence-corrected chi connectivity index (χ3v) is 9.41. The maximum absolute atomic E-state index is 14.1. The Hall–Kier alpha value is -4.34. The van der Waals surface area contributed by atoms with E-state index >= 15 is 0 Å². The number of methoxy groups -OCH3 is 1. The summed E-state index contributed by atoms with van der Waals surface area (Å²) in [6.45, 7) is 4.82. The van der Waals surface area contributed by atoms with Gasteiger partial charge in [-0.25, -0.2) is 8.78 Å². The summed E-state index contributed by atoms with van der Waals surface area (Å²) in [4.78, 5) is 30.5. The molecule has 0 bridgehead atoms. The number of rotatable bonds is 9. The first kappa shape index (κ1) is 32.6. The Bertz CT molecular complexity index is 1690. The van der Waals surface area contributed by atoms with Crippen molar-refractivity contribution in [3.63, 3.8) is 0 Å². The Labute approximate surface area is 274 Å². The van der Waals surface area contributed by atoms with E-state index in [4.69, 9.17) is 19.4 Å². The van der Waals surface area contributed by atoms with Gasteiger partial charge in [-0.2, -0.15) is 15.2 Å². The second-order valence-corrected chi connectivity index (χ2v) is 12.7. The van der Waals surface area contributed by atoms with Gasteiger partial charge in [0, 0.05) is 68.5 Å². The number of carbonyl (C=O) groups excluding carboxylic acids is 1. The standard InChI is InChI=1S/C35H41F2N7O3/c1-24-7-4-8-25-9-5-10-30(32(24)25)42-15-13-28-29(21-42)39-34(47-22-27-19-35(36,37)23-41(27)2)40-33(28)43-16-17-44(26(20-43)12-14-38)31(45)11-6-18-46-3/h4-11,26-27H,12-13,15-23H2,1-3H3/b11-6+/t26-,27-/m0/s1. The molecule has 0 radical (unpaired) electrons. The summed E-state index contributed by atoms with van der Waals surface area (Å²) in [5, 5.41) is 12.0. The van der Waals surface area contributed by atoms with Crippen LogP contribution < -0.4 is 14.5 Å². The highest BCUT2D eigenvalue weighted by atomic mass is 19.3. The number of likely N-dealkylation sites (N-methyl/N-ethyl adjacent to an activating group) is 1. The maximum atomic E-state index is 14.1. The molecule has 0 unspecified atom stereocenters. The normalized spacial score (nSPS) is 21.3. The number of halogens is 2. The number of hydrogen-bond acceptors (Lipinski definition) is 9. The summed E-state index contributed by atoms with van der Waals surface area (Å²) in [6, 6.07) is 14.2. The van der Waals surface area contributed by atoms with Crippen molar-refractivity contribution in [2.24, 2.45) is 0 Å². The second-order valence-electron chi connectivity index (χ2n) is 12.7. The van der Waals surface area contributed by atoms with Crippen molar-refractivity contribution in [2.45, 2.75) is 50.7 Å². The number of amides is 1. The van der Waals surface area contributed by atoms with E-state index in [9.17, 15) is 18.8 Å². The molecule has 2 saturated heterocycles. The minimum Gasteiger partial charge on any atom is -0.462 e. The molecule has 0 saturated carbocycles. The molecule has 12 heteroatoms. The first-order valence-electron chi connectivity index (χ1n) is 16.1. The highest BCUT2D eigenvalue weighted by Crippen LogP contribution is 2.36. The minimum absolute atomic E-state index is 0.0453. The lowest BCUT2D eigenvalue weighted by Crippen LogP contribution is -2.55. The summed E-state index contributed by atoms with van der Waals surface area (Å²) in [5.41, 5.74) is 4.16. The number of likely N-dealkylation sites (tertiary alicyclic amines) is 1. The van der Waals surface area contributed by atoms with E-state index < -0.39 is 12.0 Å². The Morgan fingerprint density at radius 1 is 1.13 bits per heavy atom. The quantitative estimate of drug-likeness (QED) is 0.315. The zero-order chi connectivity index (χ0) is 33.1. The van der Waals surface area contributed by atoms with E-state index in [1.807, 2.05) is 0 Å². The lowest BCUT2D eigenvalue weighted by atomic mass is 9.99. The van der Waals surface area contributed by atoms with Crippen LogP contribution in [0, 0.1) is 18.3 Å². The highest BCUT2D eigenvalue weighted by molar-refractivity contribution is 5.97. The molecular weight excluding hydrogens is 604 g/mol. The van der Waals surface area contributed by atoms with Gasteiger partial charge in [0.05, 0.1) is 43.9 Å². The van der Waals surface area contributed by atoms with Crippen LogP contribution in [0.2, 0.25) is 0 Å². The molecule has 0 N–H and O–H groups in total. The van der Waals surface area contributed by atoms with Gasteiger partial charge in [0.2, 0.25) is 5.91 Å². The fraction of sp³-hybridized carbons (Fsp3) is 0.486. The van der Waals surface area contributed by atoms with E-state index in [0.717, 1.165) is 23.5 Å². The molecule has 2 atom stereocenters. The molecule has 1 amide bonds. The van der Waals surface area contributed by atoms with Crippen molar-refractivity contribution in [1.82, 2.24) is 19.8 Å². The number of nitriles is 1. The van der Waals surface area contributed by atoms with Gasteiger partial charge in [-0.05, 0) is 37.4 Å². The van der Waals surface area contributed by atoms with Crippen LogP contribution in [0.15, 0.2) is 48.6 Å². The molecule has 248 valence electrons. The summed E-state index contributed by atoms with van der Waals surface area (Å²) < 4.78 is 39.4. The fourth-order valence-electron chi connectivity index (χ4n) is 7.06. The third-order valence-electron chi connectivity index (χ3n) is 9.41. The summed E-state index contributed by atoms with van der Waals surface area (Å²) >= 11 is 0. The van der Waals surface area contributed by atoms with Crippen LogP contribution in [-0.4, -0.2) is 104 Å². The summed E-state index contributed by atoms with van der Waals surface area (Å²) in [5.74, 6) is -2.20. The van der Waals surface area contributed by atoms with Gasteiger partial charge in [0.25, 0.3) is 5.92 Å². The number of hydrogen-bond donors (Lipinski definition) is 0. The number of fused-ring (bicyclic) bond motifs is 2. The zero-order valence-electron chi connectivity index (χ0n) is 27.2. The number of aryl methyl sites for hydroxylation is 1. The van der Waals surface area contributed by atoms with E-state index in [1.54, 1.807) is 30.0 Å². The SMILES string of the molecule is COC/C=C/C(=O)N1CCN(c2nc(OC[C@@H]3CC(F)(F)CN3C)nc3c2CCN(c2cccc4cccc(C)c24)C3)C[C@@H]1CC#N. The lowest BCUT2D eigenvalue weighted by Gasteiger charge is -2.42. The first-order valence-corrected chi connectivity index (χ1v) is 16.1. The first-order chi connectivity index (χ1) is 22.7. The number of nitrogens with zero attached hydrogens (tertiary/aromatic N) is 7. The molecule has 4 heterocycles. The lowest BCUT2D eigenvalue weighted by molar-refractivity contribution is -0.128. The van der Waals surface area contributed by atoms with E-state index in [-0.39, 0.29) is 44.0 Å². The third kappa shape index (κ3) is 7.01. The largest absolute Gasteiger partial charge is 0.462 e. The van der Waals surface area contributed by atoms with Crippen LogP contribution in [0.25, 0.3) is 10.8 Å². The number of ether oxygens (including phenoxy) is 2. The number of carbonyl (C=O) groups is 1. The molecule has 0 spiro atoms. The Morgan fingerprint density at radius 3 is 2.68 bits per heavy atom. The average Bonchev–Trinajstić information content (AvgIpc) is 3.33. The van der Waals surface area contributed by atoms with Crippen molar-refractivity contribution in [1.29, 1.82) is 5.26 Å². The van der Waals surface area contributed by atoms with Crippen LogP contribution >= 0.6 is 0 Å². The van der Waals surface area contributed by atoms with Crippen molar-refractivity contribution < 1.29 is 23.0 Å². The van der Waals surface area contributed by atoms with Gasteiger partial charge >= 0.3 is 6.01 Å². The van der Waals surface area contributed by atoms with Crippen LogP contribution in [0.3, 0.4) is 0 Å². The molecule has 1 aromatic heterocycles. The molecule has 3 aromatic rings. The molecule has 6 rings (SSSR count). The Morgan fingerprint density at radius 2 is 1.94 bits per heavy atom. The molecule has 3 aliphatic rings. The molecule has 47 heavy (non-hydrogen) atoms.